The highest BCUT2D eigenvalue weighted by atomic mass is 16.6. The molecule has 0 spiro atoms. The first-order valence-corrected chi connectivity index (χ1v) is 30.7. The van der Waals surface area contributed by atoms with E-state index in [4.69, 9.17) is 28.8 Å². The van der Waals surface area contributed by atoms with Gasteiger partial charge in [-0.25, -0.2) is 14.4 Å². The predicted octanol–water partition coefficient (Wildman–Crippen LogP) is 10.4. The number of amides is 5. The van der Waals surface area contributed by atoms with Gasteiger partial charge in [-0.05, 0) is 108 Å². The topological polar surface area (TPSA) is 258 Å². The number of carbonyl (C=O) groups is 8. The molecule has 9 rings (SSSR count). The van der Waals surface area contributed by atoms with Gasteiger partial charge in [-0.1, -0.05) is 159 Å². The molecule has 6 aromatic carbocycles. The Morgan fingerprint density at radius 3 is 0.989 bits per heavy atom. The van der Waals surface area contributed by atoms with Crippen LogP contribution in [-0.4, -0.2) is 153 Å². The van der Waals surface area contributed by atoms with Crippen molar-refractivity contribution < 1.29 is 67.1 Å². The highest BCUT2D eigenvalue weighted by Crippen LogP contribution is 2.47. The van der Waals surface area contributed by atoms with Crippen LogP contribution in [-0.2, 0) is 47.7 Å². The molecule has 20 nitrogen and oxygen atoms in total. The molecule has 6 aromatic rings. The minimum atomic E-state index is -1.09. The number of hydrogen-bond acceptors (Lipinski definition) is 14. The van der Waals surface area contributed by atoms with Gasteiger partial charge in [0.1, 0.15) is 44.1 Å². The molecule has 0 aliphatic heterocycles. The van der Waals surface area contributed by atoms with E-state index in [0.717, 1.165) is 44.5 Å². The number of carboxylic acids is 1. The predicted molar refractivity (Wildman–Crippen MR) is 345 cm³/mol. The van der Waals surface area contributed by atoms with E-state index < -0.39 is 41.4 Å². The number of ether oxygens (including phenoxy) is 5. The maximum Gasteiger partial charge on any atom is 0.407 e. The van der Waals surface area contributed by atoms with Crippen molar-refractivity contribution in [3.8, 4) is 33.4 Å². The largest absolute Gasteiger partial charge is 0.480 e. The fourth-order valence-corrected chi connectivity index (χ4v) is 11.1. The molecule has 3 aliphatic rings. The monoisotopic (exact) mass is 1240 g/mol. The number of carbonyl (C=O) groups excluding carboxylic acids is 7. The van der Waals surface area contributed by atoms with Crippen LogP contribution in [0.2, 0.25) is 0 Å². The molecule has 0 atom stereocenters. The summed E-state index contributed by atoms with van der Waals surface area (Å²) in [7, 11) is 0. The Balaban J connectivity index is 0.000000194. The first-order chi connectivity index (χ1) is 43.5. The molecule has 0 saturated heterocycles. The summed E-state index contributed by atoms with van der Waals surface area (Å²) in [5.74, 6) is -2.36. The molecule has 91 heavy (non-hydrogen) atoms. The molecule has 20 heteroatoms. The number of fused-ring (bicyclic) bond motifs is 9. The Morgan fingerprint density at radius 1 is 0.407 bits per heavy atom. The number of alkyl carbamates (subject to hydrolysis) is 3. The van der Waals surface area contributed by atoms with Crippen LogP contribution in [0, 0.1) is 0 Å². The van der Waals surface area contributed by atoms with Gasteiger partial charge in [0.25, 0.3) is 0 Å². The SMILES string of the molecule is CC(C)(C)OC(=O)CNCCNC(=O)OCC1c2ccccc2-c2ccccc21.CCC(=O)N(CCNC(=O)OCC1c2ccccc2-c2ccccc21)CC(=O)O.CCC(=O)N(CCNC(=O)OCC1c2ccccc2-c2ccccc21)CC(=O)OC(C)(C)C. The normalized spacial score (nSPS) is 12.4. The van der Waals surface area contributed by atoms with Crippen molar-refractivity contribution in [2.75, 3.05) is 78.7 Å². The van der Waals surface area contributed by atoms with E-state index >= 15 is 0 Å². The number of carboxylic acid groups (broad SMARTS) is 1. The van der Waals surface area contributed by atoms with Gasteiger partial charge in [0, 0.05) is 69.9 Å². The Hall–Kier alpha value is -9.56. The zero-order valence-electron chi connectivity index (χ0n) is 53.1. The highest BCUT2D eigenvalue weighted by Gasteiger charge is 2.32. The minimum Gasteiger partial charge on any atom is -0.480 e. The van der Waals surface area contributed by atoms with Crippen molar-refractivity contribution in [2.24, 2.45) is 0 Å². The lowest BCUT2D eigenvalue weighted by Crippen LogP contribution is -2.42. The molecule has 0 saturated carbocycles. The minimum absolute atomic E-state index is 0.0199. The van der Waals surface area contributed by atoms with Crippen molar-refractivity contribution in [3.05, 3.63) is 179 Å². The number of esters is 2. The molecule has 0 heterocycles. The Morgan fingerprint density at radius 2 is 0.692 bits per heavy atom. The average Bonchev–Trinajstić information content (AvgIpc) is 1.65. The molecular formula is C71H84N6O14. The second-order valence-electron chi connectivity index (χ2n) is 23.8. The van der Waals surface area contributed by atoms with Crippen molar-refractivity contribution >= 4 is 48.0 Å². The van der Waals surface area contributed by atoms with E-state index in [0.29, 0.717) is 13.1 Å². The highest BCUT2D eigenvalue weighted by molar-refractivity contribution is 5.84. The van der Waals surface area contributed by atoms with Gasteiger partial charge in [-0.15, -0.1) is 0 Å². The lowest BCUT2D eigenvalue weighted by Gasteiger charge is -2.25. The van der Waals surface area contributed by atoms with Gasteiger partial charge < -0.3 is 59.9 Å². The maximum atomic E-state index is 12.3. The first-order valence-electron chi connectivity index (χ1n) is 30.7. The van der Waals surface area contributed by atoms with E-state index in [1.165, 1.54) is 32.1 Å². The summed E-state index contributed by atoms with van der Waals surface area (Å²) in [6.07, 6.45) is -1.15. The standard InChI is InChI=1S/C26H32N2O5.C23H28N2O4.C22H24N2O5/c1-5-23(29)28(16-24(30)33-26(2,3)4)15-14-27-25(31)32-17-22-20-12-8-6-10-18(20)19-11-7-9-13-21(19)22;1-23(2,3)29-21(26)14-24-12-13-25-22(27)28-15-20-18-10-6-4-8-16(18)17-9-5-7-11-19(17)20;1-2-20(25)24(13-21(26)27)12-11-23-22(28)29-14-19-17-9-5-3-7-15(17)16-8-4-6-10-18(16)19/h6-13,22H,5,14-17H2,1-4H3,(H,27,31);4-11,20,24H,12-15H2,1-3H3,(H,25,27);3-10,19H,2,11-14H2,1H3,(H,23,28)(H,26,27). The average molecular weight is 1250 g/mol. The third kappa shape index (κ3) is 20.0. The fourth-order valence-electron chi connectivity index (χ4n) is 11.1. The summed E-state index contributed by atoms with van der Waals surface area (Å²) < 4.78 is 26.9. The van der Waals surface area contributed by atoms with Crippen LogP contribution in [0.1, 0.15) is 119 Å². The Labute approximate surface area is 532 Å². The van der Waals surface area contributed by atoms with E-state index in [1.54, 1.807) is 34.6 Å². The van der Waals surface area contributed by atoms with Crippen molar-refractivity contribution in [1.29, 1.82) is 0 Å². The maximum absolute atomic E-state index is 12.3. The van der Waals surface area contributed by atoms with E-state index in [1.807, 2.05) is 106 Å². The summed E-state index contributed by atoms with van der Waals surface area (Å²) in [4.78, 5) is 97.6. The molecule has 0 aromatic heterocycles. The van der Waals surface area contributed by atoms with Crippen LogP contribution in [0.25, 0.3) is 33.4 Å². The summed E-state index contributed by atoms with van der Waals surface area (Å²) >= 11 is 0. The molecule has 0 radical (unpaired) electrons. The van der Waals surface area contributed by atoms with Gasteiger partial charge in [0.2, 0.25) is 11.8 Å². The second-order valence-corrected chi connectivity index (χ2v) is 23.8. The molecule has 3 aliphatic carbocycles. The van der Waals surface area contributed by atoms with Gasteiger partial charge in [0.15, 0.2) is 0 Å². The summed E-state index contributed by atoms with van der Waals surface area (Å²) in [5.41, 5.74) is 12.8. The lowest BCUT2D eigenvalue weighted by molar-refractivity contribution is -0.158. The third-order valence-corrected chi connectivity index (χ3v) is 15.0. The molecule has 0 fully saturated rings. The zero-order valence-corrected chi connectivity index (χ0v) is 53.1. The number of nitrogens with one attached hydrogen (secondary N) is 4. The number of hydrogen-bond donors (Lipinski definition) is 5. The molecule has 5 amide bonds. The second kappa shape index (κ2) is 32.8. The van der Waals surface area contributed by atoms with Crippen LogP contribution in [0.15, 0.2) is 146 Å². The van der Waals surface area contributed by atoms with Crippen molar-refractivity contribution in [2.45, 2.75) is 97.2 Å². The Bertz CT molecular complexity index is 3380. The third-order valence-electron chi connectivity index (χ3n) is 15.0. The number of aliphatic carboxylic acids is 1. The van der Waals surface area contributed by atoms with Crippen LogP contribution in [0.4, 0.5) is 14.4 Å². The molecule has 5 N–H and O–H groups in total. The molecule has 0 bridgehead atoms. The van der Waals surface area contributed by atoms with Crippen LogP contribution in [0.3, 0.4) is 0 Å². The van der Waals surface area contributed by atoms with Gasteiger partial charge in [0.05, 0.1) is 6.54 Å². The summed E-state index contributed by atoms with van der Waals surface area (Å²) in [6, 6.07) is 48.9. The van der Waals surface area contributed by atoms with Gasteiger partial charge in [-0.2, -0.15) is 0 Å². The van der Waals surface area contributed by atoms with Crippen molar-refractivity contribution in [1.82, 2.24) is 31.1 Å². The fraction of sp³-hybridized carbons (Fsp3) is 0.380. The molecular weight excluding hydrogens is 1160 g/mol. The van der Waals surface area contributed by atoms with E-state index in [-0.39, 0.29) is 114 Å². The van der Waals surface area contributed by atoms with Crippen LogP contribution in [0.5, 0.6) is 0 Å². The van der Waals surface area contributed by atoms with Crippen LogP contribution < -0.4 is 21.3 Å². The first kappa shape index (κ1) is 68.9. The zero-order chi connectivity index (χ0) is 65.7. The van der Waals surface area contributed by atoms with Crippen molar-refractivity contribution in [3.63, 3.8) is 0 Å². The van der Waals surface area contributed by atoms with Gasteiger partial charge in [-0.3, -0.25) is 24.0 Å². The summed E-state index contributed by atoms with van der Waals surface area (Å²) in [5, 5.41) is 19.8. The lowest BCUT2D eigenvalue weighted by atomic mass is 9.98. The quantitative estimate of drug-likeness (QED) is 0.0227. The van der Waals surface area contributed by atoms with E-state index in [2.05, 4.69) is 81.9 Å². The van der Waals surface area contributed by atoms with Gasteiger partial charge >= 0.3 is 36.2 Å². The molecule has 0 unspecified atom stereocenters. The smallest absolute Gasteiger partial charge is 0.407 e. The Kier molecular flexibility index (Phi) is 24.8. The van der Waals surface area contributed by atoms with E-state index in [9.17, 15) is 38.4 Å². The number of nitrogens with zero attached hydrogens (tertiary/aromatic N) is 2. The number of rotatable bonds is 23. The number of benzene rings is 6. The van der Waals surface area contributed by atoms with Crippen LogP contribution >= 0.6 is 0 Å². The summed E-state index contributed by atoms with van der Waals surface area (Å²) in [6.45, 7) is 15.8. The molecule has 482 valence electrons.